The second-order valence-corrected chi connectivity index (χ2v) is 5.73. The molecular weight excluding hydrogens is 316 g/mol. The number of nitrogens with zero attached hydrogens (tertiary/aromatic N) is 1. The lowest BCUT2D eigenvalue weighted by Gasteiger charge is -2.05. The van der Waals surface area contributed by atoms with Gasteiger partial charge in [-0.3, -0.25) is 9.36 Å². The van der Waals surface area contributed by atoms with Gasteiger partial charge in [0.05, 0.1) is 17.6 Å². The third-order valence-corrected chi connectivity index (χ3v) is 3.84. The molecule has 1 aromatic heterocycles. The SMILES string of the molecule is CC(=O)O.O=c1[nH]c2ccccc2n1Cc1ccc2ccccc2c1. The van der Waals surface area contributed by atoms with Gasteiger partial charge in [-0.1, -0.05) is 48.5 Å². The molecule has 126 valence electrons. The Hall–Kier alpha value is -3.34. The standard InChI is InChI=1S/C18H14N2O.C2H4O2/c21-18-19-16-7-3-4-8-17(16)20(18)12-13-9-10-14-5-1-2-6-15(14)11-13;1-2(3)4/h1-11H,12H2,(H,19,21);1H3,(H,3,4). The van der Waals surface area contributed by atoms with Gasteiger partial charge in [0.2, 0.25) is 0 Å². The lowest BCUT2D eigenvalue weighted by Crippen LogP contribution is -2.17. The van der Waals surface area contributed by atoms with E-state index >= 15 is 0 Å². The maximum absolute atomic E-state index is 12.1. The second-order valence-electron chi connectivity index (χ2n) is 5.73. The Balaban J connectivity index is 0.000000415. The second kappa shape index (κ2) is 7.05. The summed E-state index contributed by atoms with van der Waals surface area (Å²) in [5, 5.41) is 9.83. The maximum Gasteiger partial charge on any atom is 0.326 e. The Morgan fingerprint density at radius 2 is 1.64 bits per heavy atom. The fourth-order valence-corrected chi connectivity index (χ4v) is 2.78. The molecule has 0 saturated heterocycles. The summed E-state index contributed by atoms with van der Waals surface area (Å²) in [7, 11) is 0. The number of rotatable bonds is 2. The van der Waals surface area contributed by atoms with Crippen molar-refractivity contribution in [3.05, 3.63) is 82.8 Å². The average Bonchev–Trinajstić information content (AvgIpc) is 2.90. The summed E-state index contributed by atoms with van der Waals surface area (Å²) in [6, 6.07) is 22.3. The van der Waals surface area contributed by atoms with Gasteiger partial charge in [0, 0.05) is 6.92 Å². The van der Waals surface area contributed by atoms with Gasteiger partial charge in [0.25, 0.3) is 5.97 Å². The molecule has 0 unspecified atom stereocenters. The molecule has 0 radical (unpaired) electrons. The monoisotopic (exact) mass is 334 g/mol. The van der Waals surface area contributed by atoms with E-state index in [2.05, 4.69) is 35.3 Å². The molecule has 2 N–H and O–H groups in total. The number of nitrogens with one attached hydrogen (secondary N) is 1. The number of carboxylic acids is 1. The zero-order valence-corrected chi connectivity index (χ0v) is 13.8. The van der Waals surface area contributed by atoms with Crippen LogP contribution in [0.2, 0.25) is 0 Å². The Morgan fingerprint density at radius 3 is 2.40 bits per heavy atom. The van der Waals surface area contributed by atoms with E-state index in [0.29, 0.717) is 6.54 Å². The van der Waals surface area contributed by atoms with E-state index < -0.39 is 5.97 Å². The van der Waals surface area contributed by atoms with Gasteiger partial charge in [0.15, 0.2) is 0 Å². The number of carbonyl (C=O) groups is 1. The molecule has 0 saturated carbocycles. The highest BCUT2D eigenvalue weighted by Gasteiger charge is 2.06. The van der Waals surface area contributed by atoms with Crippen molar-refractivity contribution >= 4 is 27.8 Å². The van der Waals surface area contributed by atoms with Crippen LogP contribution in [0.3, 0.4) is 0 Å². The number of hydrogen-bond acceptors (Lipinski definition) is 2. The van der Waals surface area contributed by atoms with Crippen LogP contribution in [0.5, 0.6) is 0 Å². The minimum atomic E-state index is -0.833. The number of carboxylic acid groups (broad SMARTS) is 1. The maximum atomic E-state index is 12.1. The summed E-state index contributed by atoms with van der Waals surface area (Å²) in [6.07, 6.45) is 0. The van der Waals surface area contributed by atoms with Crippen LogP contribution in [0, 0.1) is 0 Å². The molecule has 0 bridgehead atoms. The van der Waals surface area contributed by atoms with Crippen LogP contribution in [-0.4, -0.2) is 20.6 Å². The molecule has 0 aliphatic heterocycles. The molecule has 5 heteroatoms. The number of aliphatic carboxylic acids is 1. The number of imidazole rings is 1. The van der Waals surface area contributed by atoms with Gasteiger partial charge in [0.1, 0.15) is 0 Å². The third-order valence-electron chi connectivity index (χ3n) is 3.84. The molecule has 0 amide bonds. The minimum absolute atomic E-state index is 0.0654. The number of hydrogen-bond donors (Lipinski definition) is 2. The van der Waals surface area contributed by atoms with Crippen LogP contribution in [0.15, 0.2) is 71.5 Å². The normalized spacial score (nSPS) is 10.4. The fourth-order valence-electron chi connectivity index (χ4n) is 2.78. The zero-order valence-electron chi connectivity index (χ0n) is 13.8. The van der Waals surface area contributed by atoms with E-state index in [1.807, 2.05) is 36.4 Å². The predicted molar refractivity (Wildman–Crippen MR) is 98.9 cm³/mol. The Kier molecular flexibility index (Phi) is 4.66. The lowest BCUT2D eigenvalue weighted by molar-refractivity contribution is -0.134. The van der Waals surface area contributed by atoms with E-state index in [0.717, 1.165) is 23.5 Å². The largest absolute Gasteiger partial charge is 0.481 e. The van der Waals surface area contributed by atoms with Crippen molar-refractivity contribution in [1.29, 1.82) is 0 Å². The number of aromatic amines is 1. The topological polar surface area (TPSA) is 75.1 Å². The molecule has 0 fully saturated rings. The Labute approximate surface area is 144 Å². The fraction of sp³-hybridized carbons (Fsp3) is 0.100. The Morgan fingerprint density at radius 1 is 1.00 bits per heavy atom. The number of fused-ring (bicyclic) bond motifs is 2. The molecule has 4 aromatic rings. The van der Waals surface area contributed by atoms with Crippen molar-refractivity contribution in [2.24, 2.45) is 0 Å². The summed E-state index contributed by atoms with van der Waals surface area (Å²) in [6.45, 7) is 1.66. The highest BCUT2D eigenvalue weighted by Crippen LogP contribution is 2.17. The van der Waals surface area contributed by atoms with Crippen LogP contribution in [-0.2, 0) is 11.3 Å². The van der Waals surface area contributed by atoms with Gasteiger partial charge >= 0.3 is 5.69 Å². The number of aromatic nitrogens is 2. The van der Waals surface area contributed by atoms with Gasteiger partial charge in [-0.05, 0) is 34.5 Å². The first-order chi connectivity index (χ1) is 12.0. The Bertz CT molecular complexity index is 1090. The number of para-hydroxylation sites is 2. The summed E-state index contributed by atoms with van der Waals surface area (Å²) in [5.41, 5.74) is 2.88. The van der Waals surface area contributed by atoms with Crippen molar-refractivity contribution in [3.63, 3.8) is 0 Å². The lowest BCUT2D eigenvalue weighted by atomic mass is 10.1. The van der Waals surface area contributed by atoms with Crippen LogP contribution < -0.4 is 5.69 Å². The first kappa shape index (κ1) is 16.5. The summed E-state index contributed by atoms with van der Waals surface area (Å²) >= 11 is 0. The summed E-state index contributed by atoms with van der Waals surface area (Å²) < 4.78 is 1.78. The summed E-state index contributed by atoms with van der Waals surface area (Å²) in [4.78, 5) is 24.0. The van der Waals surface area contributed by atoms with Gasteiger partial charge in [-0.15, -0.1) is 0 Å². The van der Waals surface area contributed by atoms with E-state index in [9.17, 15) is 4.79 Å². The molecule has 0 atom stereocenters. The van der Waals surface area contributed by atoms with Crippen LogP contribution >= 0.6 is 0 Å². The van der Waals surface area contributed by atoms with E-state index in [4.69, 9.17) is 9.90 Å². The molecule has 0 spiro atoms. The van der Waals surface area contributed by atoms with Gasteiger partial charge < -0.3 is 10.1 Å². The number of H-pyrrole nitrogens is 1. The average molecular weight is 334 g/mol. The highest BCUT2D eigenvalue weighted by atomic mass is 16.4. The van der Waals surface area contributed by atoms with Crippen LogP contribution in [0.1, 0.15) is 12.5 Å². The smallest absolute Gasteiger partial charge is 0.326 e. The van der Waals surface area contributed by atoms with E-state index in [-0.39, 0.29) is 5.69 Å². The summed E-state index contributed by atoms with van der Waals surface area (Å²) in [5.74, 6) is -0.833. The highest BCUT2D eigenvalue weighted by molar-refractivity contribution is 5.83. The predicted octanol–water partition coefficient (Wildman–Crippen LogP) is 3.62. The van der Waals surface area contributed by atoms with Gasteiger partial charge in [-0.2, -0.15) is 0 Å². The molecule has 5 nitrogen and oxygen atoms in total. The molecule has 3 aromatic carbocycles. The van der Waals surface area contributed by atoms with Crippen molar-refractivity contribution in [3.8, 4) is 0 Å². The van der Waals surface area contributed by atoms with Gasteiger partial charge in [-0.25, -0.2) is 4.79 Å². The van der Waals surface area contributed by atoms with Crippen molar-refractivity contribution in [2.45, 2.75) is 13.5 Å². The minimum Gasteiger partial charge on any atom is -0.481 e. The molecule has 0 aliphatic carbocycles. The molecule has 1 heterocycles. The molecule has 0 aliphatic rings. The van der Waals surface area contributed by atoms with Crippen LogP contribution in [0.25, 0.3) is 21.8 Å². The van der Waals surface area contributed by atoms with Crippen LogP contribution in [0.4, 0.5) is 0 Å². The van der Waals surface area contributed by atoms with E-state index in [1.54, 1.807) is 4.57 Å². The number of benzene rings is 3. The first-order valence-corrected chi connectivity index (χ1v) is 7.89. The quantitative estimate of drug-likeness (QED) is 0.588. The third kappa shape index (κ3) is 3.77. The zero-order chi connectivity index (χ0) is 17.8. The van der Waals surface area contributed by atoms with E-state index in [1.165, 1.54) is 10.8 Å². The first-order valence-electron chi connectivity index (χ1n) is 7.89. The molecule has 4 rings (SSSR count). The molecular formula is C20H18N2O3. The van der Waals surface area contributed by atoms with Crippen molar-refractivity contribution in [1.82, 2.24) is 9.55 Å². The van der Waals surface area contributed by atoms with Crippen molar-refractivity contribution < 1.29 is 9.90 Å². The van der Waals surface area contributed by atoms with Crippen molar-refractivity contribution in [2.75, 3.05) is 0 Å². The molecule has 25 heavy (non-hydrogen) atoms.